The van der Waals surface area contributed by atoms with Crippen molar-refractivity contribution in [1.82, 2.24) is 4.57 Å². The number of aryl methyl sites for hydroxylation is 1. The van der Waals surface area contributed by atoms with Crippen molar-refractivity contribution in [2.24, 2.45) is 5.41 Å². The molecule has 0 amide bonds. The molecule has 0 aliphatic heterocycles. The molecule has 0 bridgehead atoms. The highest BCUT2D eigenvalue weighted by Gasteiger charge is 2.17. The molecule has 2 aromatic rings. The van der Waals surface area contributed by atoms with Crippen molar-refractivity contribution < 1.29 is 0 Å². The van der Waals surface area contributed by atoms with Gasteiger partial charge in [-0.2, -0.15) is 0 Å². The van der Waals surface area contributed by atoms with E-state index in [2.05, 4.69) is 33.8 Å². The van der Waals surface area contributed by atoms with Crippen LogP contribution in [0.5, 0.6) is 0 Å². The summed E-state index contributed by atoms with van der Waals surface area (Å²) in [6, 6.07) is 7.69. The minimum atomic E-state index is 0.0230. The van der Waals surface area contributed by atoms with Crippen LogP contribution in [0.3, 0.4) is 0 Å². The van der Waals surface area contributed by atoms with E-state index in [-0.39, 0.29) is 11.0 Å². The van der Waals surface area contributed by atoms with Crippen LogP contribution in [0.15, 0.2) is 29.1 Å². The SMILES string of the molecule is CCc1cc2cccc(Cl)c2c(=O)n1CC(C)(C)C. The van der Waals surface area contributed by atoms with E-state index in [4.69, 9.17) is 11.6 Å². The van der Waals surface area contributed by atoms with E-state index in [9.17, 15) is 4.79 Å². The molecule has 19 heavy (non-hydrogen) atoms. The second-order valence-corrected chi connectivity index (χ2v) is 6.55. The molecule has 0 saturated carbocycles. The van der Waals surface area contributed by atoms with Crippen LogP contribution in [0, 0.1) is 5.41 Å². The Morgan fingerprint density at radius 1 is 1.26 bits per heavy atom. The van der Waals surface area contributed by atoms with Gasteiger partial charge >= 0.3 is 0 Å². The highest BCUT2D eigenvalue weighted by molar-refractivity contribution is 6.35. The van der Waals surface area contributed by atoms with E-state index in [0.29, 0.717) is 17.0 Å². The van der Waals surface area contributed by atoms with Crippen LogP contribution >= 0.6 is 11.6 Å². The van der Waals surface area contributed by atoms with Gasteiger partial charge in [0.25, 0.3) is 5.56 Å². The van der Waals surface area contributed by atoms with E-state index in [1.54, 1.807) is 6.07 Å². The monoisotopic (exact) mass is 277 g/mol. The molecule has 0 fully saturated rings. The first-order valence-electron chi connectivity index (χ1n) is 6.64. The summed E-state index contributed by atoms with van der Waals surface area (Å²) in [5, 5.41) is 2.10. The molecular weight excluding hydrogens is 258 g/mol. The maximum Gasteiger partial charge on any atom is 0.260 e. The molecule has 0 radical (unpaired) electrons. The number of nitrogens with zero attached hydrogens (tertiary/aromatic N) is 1. The molecule has 0 atom stereocenters. The van der Waals surface area contributed by atoms with Gasteiger partial charge in [-0.3, -0.25) is 4.79 Å². The summed E-state index contributed by atoms with van der Waals surface area (Å²) in [4.78, 5) is 12.7. The average molecular weight is 278 g/mol. The van der Waals surface area contributed by atoms with E-state index in [0.717, 1.165) is 17.5 Å². The Morgan fingerprint density at radius 3 is 2.53 bits per heavy atom. The van der Waals surface area contributed by atoms with Crippen molar-refractivity contribution >= 4 is 22.4 Å². The largest absolute Gasteiger partial charge is 0.312 e. The minimum Gasteiger partial charge on any atom is -0.312 e. The summed E-state index contributed by atoms with van der Waals surface area (Å²) in [5.41, 5.74) is 1.15. The van der Waals surface area contributed by atoms with Crippen molar-refractivity contribution in [2.75, 3.05) is 0 Å². The molecule has 102 valence electrons. The minimum absolute atomic E-state index is 0.0230. The third kappa shape index (κ3) is 2.84. The van der Waals surface area contributed by atoms with Crippen LogP contribution < -0.4 is 5.56 Å². The first-order chi connectivity index (χ1) is 8.83. The molecule has 0 saturated heterocycles. The van der Waals surface area contributed by atoms with E-state index in [1.807, 2.05) is 16.7 Å². The number of pyridine rings is 1. The third-order valence-corrected chi connectivity index (χ3v) is 3.48. The fraction of sp³-hybridized carbons (Fsp3) is 0.438. The fourth-order valence-electron chi connectivity index (χ4n) is 2.35. The van der Waals surface area contributed by atoms with E-state index >= 15 is 0 Å². The number of hydrogen-bond acceptors (Lipinski definition) is 1. The number of fused-ring (bicyclic) bond motifs is 1. The summed E-state index contributed by atoms with van der Waals surface area (Å²) in [6.07, 6.45) is 0.841. The van der Waals surface area contributed by atoms with Gasteiger partial charge < -0.3 is 4.57 Å². The molecule has 0 aliphatic carbocycles. The van der Waals surface area contributed by atoms with Crippen LogP contribution in [0.1, 0.15) is 33.4 Å². The molecule has 2 nitrogen and oxygen atoms in total. The molecule has 2 rings (SSSR count). The van der Waals surface area contributed by atoms with Crippen molar-refractivity contribution in [2.45, 2.75) is 40.7 Å². The summed E-state index contributed by atoms with van der Waals surface area (Å²) in [7, 11) is 0. The zero-order valence-electron chi connectivity index (χ0n) is 12.0. The Balaban J connectivity index is 2.78. The molecule has 0 unspecified atom stereocenters. The van der Waals surface area contributed by atoms with E-state index in [1.165, 1.54) is 0 Å². The predicted molar refractivity (Wildman–Crippen MR) is 82.1 cm³/mol. The molecule has 0 N–H and O–H groups in total. The number of halogens is 1. The second kappa shape index (κ2) is 5.01. The van der Waals surface area contributed by atoms with Gasteiger partial charge in [-0.25, -0.2) is 0 Å². The van der Waals surface area contributed by atoms with Crippen LogP contribution in [0.4, 0.5) is 0 Å². The van der Waals surface area contributed by atoms with Gasteiger partial charge in [0.2, 0.25) is 0 Å². The van der Waals surface area contributed by atoms with Crippen molar-refractivity contribution in [3.8, 4) is 0 Å². The smallest absolute Gasteiger partial charge is 0.260 e. The summed E-state index contributed by atoms with van der Waals surface area (Å²) < 4.78 is 1.87. The van der Waals surface area contributed by atoms with Crippen LogP contribution in [-0.4, -0.2) is 4.57 Å². The topological polar surface area (TPSA) is 22.0 Å². The second-order valence-electron chi connectivity index (χ2n) is 6.15. The standard InChI is InChI=1S/C16H20ClNO/c1-5-12-9-11-7-6-8-13(17)14(11)15(19)18(12)10-16(2,3)4/h6-9H,5,10H2,1-4H3. The van der Waals surface area contributed by atoms with Crippen LogP contribution in [0.2, 0.25) is 5.02 Å². The highest BCUT2D eigenvalue weighted by Crippen LogP contribution is 2.23. The van der Waals surface area contributed by atoms with Crippen molar-refractivity contribution in [3.05, 3.63) is 45.3 Å². The number of rotatable bonds is 2. The average Bonchev–Trinajstić information content (AvgIpc) is 2.31. The van der Waals surface area contributed by atoms with Gasteiger partial charge in [0.05, 0.1) is 10.4 Å². The lowest BCUT2D eigenvalue weighted by Crippen LogP contribution is -2.29. The van der Waals surface area contributed by atoms with Crippen LogP contribution in [-0.2, 0) is 13.0 Å². The Morgan fingerprint density at radius 2 is 1.95 bits per heavy atom. The molecule has 0 aliphatic rings. The first kappa shape index (κ1) is 14.1. The molecule has 1 heterocycles. The fourth-order valence-corrected chi connectivity index (χ4v) is 2.61. The summed E-state index contributed by atoms with van der Waals surface area (Å²) >= 11 is 6.19. The molecule has 0 spiro atoms. The van der Waals surface area contributed by atoms with Crippen molar-refractivity contribution in [1.29, 1.82) is 0 Å². The Kier molecular flexibility index (Phi) is 3.73. The number of hydrogen-bond donors (Lipinski definition) is 0. The highest BCUT2D eigenvalue weighted by atomic mass is 35.5. The summed E-state index contributed by atoms with van der Waals surface area (Å²) in [6.45, 7) is 9.18. The Hall–Kier alpha value is -1.28. The zero-order chi connectivity index (χ0) is 14.2. The van der Waals surface area contributed by atoms with Crippen LogP contribution in [0.25, 0.3) is 10.8 Å². The molecular formula is C16H20ClNO. The lowest BCUT2D eigenvalue weighted by atomic mass is 9.96. The van der Waals surface area contributed by atoms with Gasteiger partial charge in [-0.1, -0.05) is 51.4 Å². The first-order valence-corrected chi connectivity index (χ1v) is 7.02. The Labute approximate surface area is 119 Å². The number of benzene rings is 1. The van der Waals surface area contributed by atoms with E-state index < -0.39 is 0 Å². The van der Waals surface area contributed by atoms with Crippen molar-refractivity contribution in [3.63, 3.8) is 0 Å². The predicted octanol–water partition coefficient (Wildman–Crippen LogP) is 4.26. The quantitative estimate of drug-likeness (QED) is 0.804. The maximum absolute atomic E-state index is 12.7. The summed E-state index contributed by atoms with van der Waals surface area (Å²) in [5.74, 6) is 0. The molecule has 1 aromatic heterocycles. The normalized spacial score (nSPS) is 12.1. The number of aromatic nitrogens is 1. The lowest BCUT2D eigenvalue weighted by Gasteiger charge is -2.23. The van der Waals surface area contributed by atoms with Gasteiger partial charge in [0.15, 0.2) is 0 Å². The van der Waals surface area contributed by atoms with Gasteiger partial charge in [-0.05, 0) is 29.4 Å². The third-order valence-electron chi connectivity index (χ3n) is 3.17. The Bertz CT molecular complexity index is 665. The molecule has 3 heteroatoms. The van der Waals surface area contributed by atoms with Gasteiger partial charge in [0, 0.05) is 12.2 Å². The van der Waals surface area contributed by atoms with Gasteiger partial charge in [-0.15, -0.1) is 0 Å². The van der Waals surface area contributed by atoms with Gasteiger partial charge in [0.1, 0.15) is 0 Å². The lowest BCUT2D eigenvalue weighted by molar-refractivity contribution is 0.334. The maximum atomic E-state index is 12.7. The molecule has 1 aromatic carbocycles. The zero-order valence-corrected chi connectivity index (χ0v) is 12.7.